The molecule has 0 radical (unpaired) electrons. The Morgan fingerprint density at radius 3 is 3.33 bits per heavy atom. The van der Waals surface area contributed by atoms with Gasteiger partial charge in [0.05, 0.1) is 5.69 Å². The van der Waals surface area contributed by atoms with Crippen molar-refractivity contribution in [2.75, 3.05) is 5.75 Å². The minimum absolute atomic E-state index is 0.499. The van der Waals surface area contributed by atoms with E-state index in [-0.39, 0.29) is 0 Å². The summed E-state index contributed by atoms with van der Waals surface area (Å²) in [6.07, 6.45) is 1.44. The van der Waals surface area contributed by atoms with Gasteiger partial charge in [0.1, 0.15) is 6.29 Å². The number of thioether (sulfide) groups is 1. The molecule has 2 heterocycles. The van der Waals surface area contributed by atoms with Crippen LogP contribution in [0.4, 0.5) is 0 Å². The van der Waals surface area contributed by atoms with E-state index in [0.29, 0.717) is 6.42 Å². The summed E-state index contributed by atoms with van der Waals surface area (Å²) in [6, 6.07) is 0. The van der Waals surface area contributed by atoms with Crippen molar-refractivity contribution >= 4 is 18.0 Å². The fourth-order valence-electron chi connectivity index (χ4n) is 1.48. The Balaban J connectivity index is 2.44. The molecule has 0 saturated heterocycles. The van der Waals surface area contributed by atoms with E-state index in [9.17, 15) is 4.79 Å². The van der Waals surface area contributed by atoms with Gasteiger partial charge < -0.3 is 9.36 Å². The summed E-state index contributed by atoms with van der Waals surface area (Å²) < 4.78 is 2.15. The number of carbonyl (C=O) groups is 1. The van der Waals surface area contributed by atoms with E-state index in [1.807, 2.05) is 6.92 Å². The van der Waals surface area contributed by atoms with Crippen LogP contribution in [0.1, 0.15) is 11.4 Å². The van der Waals surface area contributed by atoms with Crippen molar-refractivity contribution in [3.05, 3.63) is 11.4 Å². The molecular weight excluding hydrogens is 172 g/mol. The second-order valence-corrected chi connectivity index (χ2v) is 3.86. The summed E-state index contributed by atoms with van der Waals surface area (Å²) in [5.74, 6) is 1.09. The molecule has 1 aromatic heterocycles. The van der Waals surface area contributed by atoms with Gasteiger partial charge in [-0.3, -0.25) is 0 Å². The van der Waals surface area contributed by atoms with Crippen molar-refractivity contribution < 1.29 is 4.79 Å². The highest BCUT2D eigenvalue weighted by atomic mass is 32.2. The number of aldehydes is 1. The smallest absolute Gasteiger partial charge is 0.168 e. The Labute approximate surface area is 75.2 Å². The quantitative estimate of drug-likeness (QED) is 0.641. The molecule has 0 aliphatic carbocycles. The zero-order chi connectivity index (χ0) is 8.55. The van der Waals surface area contributed by atoms with Crippen LogP contribution in [-0.4, -0.2) is 21.6 Å². The molecule has 2 rings (SSSR count). The van der Waals surface area contributed by atoms with Gasteiger partial charge in [0, 0.05) is 24.4 Å². The van der Waals surface area contributed by atoms with E-state index in [2.05, 4.69) is 9.55 Å². The molecule has 0 spiro atoms. The fraction of sp³-hybridized carbons (Fsp3) is 0.500. The lowest BCUT2D eigenvalue weighted by atomic mass is 10.3. The van der Waals surface area contributed by atoms with Gasteiger partial charge in [-0.05, 0) is 6.92 Å². The summed E-state index contributed by atoms with van der Waals surface area (Å²) in [7, 11) is 0. The standard InChI is InChI=1S/C8H10N2OS/c1-6-7(2-4-11)10-3-5-12-8(10)9-6/h4H,2-3,5H2,1H3. The monoisotopic (exact) mass is 182 g/mol. The summed E-state index contributed by atoms with van der Waals surface area (Å²) in [5, 5.41) is 1.07. The normalized spacial score (nSPS) is 14.8. The first-order valence-electron chi connectivity index (χ1n) is 3.95. The van der Waals surface area contributed by atoms with Crippen molar-refractivity contribution in [1.82, 2.24) is 9.55 Å². The second kappa shape index (κ2) is 2.94. The van der Waals surface area contributed by atoms with Gasteiger partial charge in [-0.25, -0.2) is 4.98 Å². The topological polar surface area (TPSA) is 34.9 Å². The Hall–Kier alpha value is -0.770. The summed E-state index contributed by atoms with van der Waals surface area (Å²) >= 11 is 1.76. The van der Waals surface area contributed by atoms with Crippen LogP contribution in [0.25, 0.3) is 0 Å². The van der Waals surface area contributed by atoms with Gasteiger partial charge in [-0.1, -0.05) is 11.8 Å². The van der Waals surface area contributed by atoms with Crippen LogP contribution in [0.3, 0.4) is 0 Å². The van der Waals surface area contributed by atoms with Crippen LogP contribution in [0.2, 0.25) is 0 Å². The Bertz CT molecular complexity index is 319. The first-order valence-corrected chi connectivity index (χ1v) is 4.94. The number of imidazole rings is 1. The van der Waals surface area contributed by atoms with Gasteiger partial charge in [-0.15, -0.1) is 0 Å². The van der Waals surface area contributed by atoms with Gasteiger partial charge in [0.25, 0.3) is 0 Å². The van der Waals surface area contributed by atoms with E-state index in [1.165, 1.54) is 0 Å². The van der Waals surface area contributed by atoms with Gasteiger partial charge in [0.15, 0.2) is 5.16 Å². The molecule has 0 fully saturated rings. The largest absolute Gasteiger partial charge is 0.322 e. The number of carbonyl (C=O) groups excluding carboxylic acids is 1. The van der Waals surface area contributed by atoms with E-state index in [1.54, 1.807) is 11.8 Å². The molecule has 1 aromatic rings. The van der Waals surface area contributed by atoms with Gasteiger partial charge in [-0.2, -0.15) is 0 Å². The zero-order valence-electron chi connectivity index (χ0n) is 6.91. The number of fused-ring (bicyclic) bond motifs is 1. The van der Waals surface area contributed by atoms with Crippen molar-refractivity contribution in [2.24, 2.45) is 0 Å². The fourth-order valence-corrected chi connectivity index (χ4v) is 2.50. The predicted octanol–water partition coefficient (Wildman–Crippen LogP) is 1.04. The number of rotatable bonds is 2. The van der Waals surface area contributed by atoms with Gasteiger partial charge in [0.2, 0.25) is 0 Å². The lowest BCUT2D eigenvalue weighted by Crippen LogP contribution is -2.02. The van der Waals surface area contributed by atoms with Crippen molar-refractivity contribution in [3.8, 4) is 0 Å². The van der Waals surface area contributed by atoms with Crippen LogP contribution < -0.4 is 0 Å². The molecule has 0 N–H and O–H groups in total. The molecule has 3 nitrogen and oxygen atoms in total. The van der Waals surface area contributed by atoms with Crippen molar-refractivity contribution in [3.63, 3.8) is 0 Å². The third kappa shape index (κ3) is 1.06. The lowest BCUT2D eigenvalue weighted by molar-refractivity contribution is -0.107. The highest BCUT2D eigenvalue weighted by Crippen LogP contribution is 2.27. The van der Waals surface area contributed by atoms with E-state index in [4.69, 9.17) is 0 Å². The van der Waals surface area contributed by atoms with Crippen LogP contribution in [0.5, 0.6) is 0 Å². The highest BCUT2D eigenvalue weighted by Gasteiger charge is 2.18. The maximum absolute atomic E-state index is 10.4. The number of hydrogen-bond acceptors (Lipinski definition) is 3. The molecular formula is C8H10N2OS. The maximum Gasteiger partial charge on any atom is 0.168 e. The van der Waals surface area contributed by atoms with Crippen LogP contribution in [0, 0.1) is 6.92 Å². The summed E-state index contributed by atoms with van der Waals surface area (Å²) in [5.41, 5.74) is 2.09. The number of hydrogen-bond donors (Lipinski definition) is 0. The first kappa shape index (κ1) is 7.86. The van der Waals surface area contributed by atoms with E-state index >= 15 is 0 Å². The molecule has 0 amide bonds. The van der Waals surface area contributed by atoms with Crippen LogP contribution >= 0.6 is 11.8 Å². The summed E-state index contributed by atoms with van der Waals surface area (Å²) in [4.78, 5) is 14.8. The zero-order valence-corrected chi connectivity index (χ0v) is 7.73. The molecule has 4 heteroatoms. The molecule has 12 heavy (non-hydrogen) atoms. The molecule has 0 unspecified atom stereocenters. The molecule has 64 valence electrons. The van der Waals surface area contributed by atoms with E-state index < -0.39 is 0 Å². The molecule has 0 aromatic carbocycles. The molecule has 1 aliphatic rings. The SMILES string of the molecule is Cc1nc2n(c1CC=O)CCS2. The number of nitrogens with zero attached hydrogens (tertiary/aromatic N) is 2. The third-order valence-corrected chi connectivity index (χ3v) is 3.02. The average molecular weight is 182 g/mol. The third-order valence-electron chi connectivity index (χ3n) is 2.06. The van der Waals surface area contributed by atoms with E-state index in [0.717, 1.165) is 35.1 Å². The number of aromatic nitrogens is 2. The van der Waals surface area contributed by atoms with Crippen LogP contribution in [-0.2, 0) is 17.8 Å². The van der Waals surface area contributed by atoms with Crippen LogP contribution in [0.15, 0.2) is 5.16 Å². The average Bonchev–Trinajstić information content (AvgIpc) is 2.56. The number of aryl methyl sites for hydroxylation is 1. The Morgan fingerprint density at radius 2 is 2.58 bits per heavy atom. The molecule has 0 atom stereocenters. The second-order valence-electron chi connectivity index (χ2n) is 2.80. The summed E-state index contributed by atoms with van der Waals surface area (Å²) in [6.45, 7) is 2.97. The van der Waals surface area contributed by atoms with Crippen molar-refractivity contribution in [2.45, 2.75) is 25.0 Å². The Kier molecular flexibility index (Phi) is 1.92. The molecule has 0 bridgehead atoms. The highest BCUT2D eigenvalue weighted by molar-refractivity contribution is 7.99. The van der Waals surface area contributed by atoms with Crippen molar-refractivity contribution in [1.29, 1.82) is 0 Å². The Morgan fingerprint density at radius 1 is 1.75 bits per heavy atom. The molecule has 0 saturated carbocycles. The maximum atomic E-state index is 10.4. The lowest BCUT2D eigenvalue weighted by Gasteiger charge is -1.99. The van der Waals surface area contributed by atoms with Gasteiger partial charge >= 0.3 is 0 Å². The molecule has 1 aliphatic heterocycles. The first-order chi connectivity index (χ1) is 5.83. The minimum Gasteiger partial charge on any atom is -0.322 e. The minimum atomic E-state index is 0.499. The predicted molar refractivity (Wildman–Crippen MR) is 47.5 cm³/mol.